The van der Waals surface area contributed by atoms with Crippen LogP contribution in [0.15, 0.2) is 36.4 Å². The summed E-state index contributed by atoms with van der Waals surface area (Å²) in [7, 11) is 3.88. The Morgan fingerprint density at radius 1 is 1.22 bits per heavy atom. The number of aromatic nitrogens is 2. The molecule has 1 aliphatic rings. The number of methoxy groups -OCH3 is 1. The molecule has 1 saturated heterocycles. The molecule has 23 heavy (non-hydrogen) atoms. The number of ether oxygens (including phenoxy) is 1. The van der Waals surface area contributed by atoms with Gasteiger partial charge in [0.1, 0.15) is 11.6 Å². The Labute approximate surface area is 137 Å². The summed E-state index contributed by atoms with van der Waals surface area (Å²) in [6, 6.07) is 12.5. The SMILES string of the molecule is COc1ccccc1-c1ccc(NCC[C@@H]2CCCN2C)nn1. The maximum Gasteiger partial charge on any atom is 0.148 e. The molecule has 0 radical (unpaired) electrons. The minimum absolute atomic E-state index is 0.698. The van der Waals surface area contributed by atoms with E-state index >= 15 is 0 Å². The Bertz CT molecular complexity index is 629. The lowest BCUT2D eigenvalue weighted by Crippen LogP contribution is -2.27. The van der Waals surface area contributed by atoms with E-state index in [1.165, 1.54) is 19.4 Å². The Kier molecular flexibility index (Phi) is 5.08. The van der Waals surface area contributed by atoms with E-state index < -0.39 is 0 Å². The molecule has 1 fully saturated rings. The molecule has 1 N–H and O–H groups in total. The van der Waals surface area contributed by atoms with Crippen molar-refractivity contribution in [1.82, 2.24) is 15.1 Å². The second kappa shape index (κ2) is 7.42. The molecule has 0 spiro atoms. The van der Waals surface area contributed by atoms with Gasteiger partial charge in [-0.25, -0.2) is 0 Å². The molecule has 1 aromatic carbocycles. The van der Waals surface area contributed by atoms with Gasteiger partial charge in [-0.1, -0.05) is 12.1 Å². The lowest BCUT2D eigenvalue weighted by molar-refractivity contribution is 0.301. The summed E-state index contributed by atoms with van der Waals surface area (Å²) >= 11 is 0. The Morgan fingerprint density at radius 3 is 2.78 bits per heavy atom. The number of para-hydroxylation sites is 1. The summed E-state index contributed by atoms with van der Waals surface area (Å²) < 4.78 is 5.37. The molecule has 122 valence electrons. The topological polar surface area (TPSA) is 50.3 Å². The normalized spacial score (nSPS) is 18.1. The third-order valence-corrected chi connectivity index (χ3v) is 4.50. The number of rotatable bonds is 6. The van der Waals surface area contributed by atoms with Gasteiger partial charge >= 0.3 is 0 Å². The number of hydrogen-bond acceptors (Lipinski definition) is 5. The van der Waals surface area contributed by atoms with Gasteiger partial charge in [0.05, 0.1) is 12.8 Å². The van der Waals surface area contributed by atoms with Gasteiger partial charge in [-0.05, 0) is 57.1 Å². The minimum atomic E-state index is 0.698. The minimum Gasteiger partial charge on any atom is -0.496 e. The van der Waals surface area contributed by atoms with Crippen LogP contribution in [0.25, 0.3) is 11.3 Å². The van der Waals surface area contributed by atoms with Crippen molar-refractivity contribution in [3.05, 3.63) is 36.4 Å². The van der Waals surface area contributed by atoms with E-state index in [1.807, 2.05) is 36.4 Å². The molecule has 0 aliphatic carbocycles. The van der Waals surface area contributed by atoms with Gasteiger partial charge in [-0.15, -0.1) is 10.2 Å². The number of nitrogens with one attached hydrogen (secondary N) is 1. The molecule has 5 nitrogen and oxygen atoms in total. The second-order valence-corrected chi connectivity index (χ2v) is 6.00. The third-order valence-electron chi connectivity index (χ3n) is 4.50. The van der Waals surface area contributed by atoms with Crippen molar-refractivity contribution in [2.24, 2.45) is 0 Å². The molecule has 5 heteroatoms. The second-order valence-electron chi connectivity index (χ2n) is 6.00. The van der Waals surface area contributed by atoms with Crippen molar-refractivity contribution in [2.75, 3.05) is 32.6 Å². The van der Waals surface area contributed by atoms with Crippen LogP contribution in [0, 0.1) is 0 Å². The Balaban J connectivity index is 1.59. The van der Waals surface area contributed by atoms with E-state index in [2.05, 4.69) is 27.5 Å². The molecule has 0 unspecified atom stereocenters. The Hall–Kier alpha value is -2.14. The van der Waals surface area contributed by atoms with Gasteiger partial charge in [-0.3, -0.25) is 0 Å². The lowest BCUT2D eigenvalue weighted by atomic mass is 10.1. The maximum atomic E-state index is 5.37. The quantitative estimate of drug-likeness (QED) is 0.888. The van der Waals surface area contributed by atoms with Gasteiger partial charge in [0, 0.05) is 18.2 Å². The van der Waals surface area contributed by atoms with Gasteiger partial charge in [0.2, 0.25) is 0 Å². The van der Waals surface area contributed by atoms with Crippen LogP contribution in [0.3, 0.4) is 0 Å². The highest BCUT2D eigenvalue weighted by Crippen LogP contribution is 2.27. The number of hydrogen-bond donors (Lipinski definition) is 1. The van der Waals surface area contributed by atoms with Crippen LogP contribution in [0.1, 0.15) is 19.3 Å². The first kappa shape index (κ1) is 15.7. The molecule has 1 aliphatic heterocycles. The van der Waals surface area contributed by atoms with Gasteiger partial charge in [0.25, 0.3) is 0 Å². The van der Waals surface area contributed by atoms with Crippen molar-refractivity contribution >= 4 is 5.82 Å². The molecule has 0 amide bonds. The van der Waals surface area contributed by atoms with Crippen molar-refractivity contribution in [1.29, 1.82) is 0 Å². The molecule has 1 atom stereocenters. The number of nitrogens with zero attached hydrogens (tertiary/aromatic N) is 3. The summed E-state index contributed by atoms with van der Waals surface area (Å²) in [5.41, 5.74) is 1.78. The highest BCUT2D eigenvalue weighted by atomic mass is 16.5. The van der Waals surface area contributed by atoms with E-state index in [-0.39, 0.29) is 0 Å². The zero-order valence-electron chi connectivity index (χ0n) is 13.8. The molecule has 1 aromatic heterocycles. The summed E-state index contributed by atoms with van der Waals surface area (Å²) in [6.45, 7) is 2.15. The van der Waals surface area contributed by atoms with Crippen LogP contribution >= 0.6 is 0 Å². The fraction of sp³-hybridized carbons (Fsp3) is 0.444. The fourth-order valence-corrected chi connectivity index (χ4v) is 3.14. The monoisotopic (exact) mass is 312 g/mol. The van der Waals surface area contributed by atoms with Crippen LogP contribution in [0.4, 0.5) is 5.82 Å². The highest BCUT2D eigenvalue weighted by molar-refractivity contribution is 5.67. The van der Waals surface area contributed by atoms with Crippen molar-refractivity contribution in [2.45, 2.75) is 25.3 Å². The van der Waals surface area contributed by atoms with E-state index in [4.69, 9.17) is 4.74 Å². The third kappa shape index (κ3) is 3.79. The maximum absolute atomic E-state index is 5.37. The smallest absolute Gasteiger partial charge is 0.148 e. The van der Waals surface area contributed by atoms with Crippen molar-refractivity contribution < 1.29 is 4.74 Å². The average Bonchev–Trinajstić information content (AvgIpc) is 3.01. The van der Waals surface area contributed by atoms with E-state index in [9.17, 15) is 0 Å². The van der Waals surface area contributed by atoms with Gasteiger partial charge in [0.15, 0.2) is 0 Å². The van der Waals surface area contributed by atoms with E-state index in [0.717, 1.165) is 35.8 Å². The summed E-state index contributed by atoms with van der Waals surface area (Å²) in [5, 5.41) is 12.0. The first-order valence-corrected chi connectivity index (χ1v) is 8.19. The zero-order chi connectivity index (χ0) is 16.1. The van der Waals surface area contributed by atoms with Crippen molar-refractivity contribution in [3.8, 4) is 17.0 Å². The van der Waals surface area contributed by atoms with Crippen molar-refractivity contribution in [3.63, 3.8) is 0 Å². The lowest BCUT2D eigenvalue weighted by Gasteiger charge is -2.19. The van der Waals surface area contributed by atoms with Crippen LogP contribution in [-0.4, -0.2) is 48.4 Å². The van der Waals surface area contributed by atoms with Gasteiger partial charge in [-0.2, -0.15) is 0 Å². The first-order chi connectivity index (χ1) is 11.3. The largest absolute Gasteiger partial charge is 0.496 e. The van der Waals surface area contributed by atoms with Crippen LogP contribution in [0.2, 0.25) is 0 Å². The number of likely N-dealkylation sites (tertiary alicyclic amines) is 1. The fourth-order valence-electron chi connectivity index (χ4n) is 3.14. The van der Waals surface area contributed by atoms with E-state index in [1.54, 1.807) is 7.11 Å². The molecule has 0 saturated carbocycles. The zero-order valence-corrected chi connectivity index (χ0v) is 13.8. The van der Waals surface area contributed by atoms with E-state index in [0.29, 0.717) is 6.04 Å². The number of benzene rings is 1. The summed E-state index contributed by atoms with van der Waals surface area (Å²) in [6.07, 6.45) is 3.76. The van der Waals surface area contributed by atoms with Gasteiger partial charge < -0.3 is 15.0 Å². The predicted octanol–water partition coefficient (Wildman–Crippen LogP) is 3.05. The average molecular weight is 312 g/mol. The summed E-state index contributed by atoms with van der Waals surface area (Å²) in [5.74, 6) is 1.64. The highest BCUT2D eigenvalue weighted by Gasteiger charge is 2.19. The number of anilines is 1. The molecule has 2 heterocycles. The van der Waals surface area contributed by atoms with Crippen LogP contribution in [-0.2, 0) is 0 Å². The van der Waals surface area contributed by atoms with Crippen LogP contribution in [0.5, 0.6) is 5.75 Å². The standard InChI is InChI=1S/C18H24N4O/c1-22-13-5-6-14(22)11-12-19-18-10-9-16(20-21-18)15-7-3-4-8-17(15)23-2/h3-4,7-10,14H,5-6,11-13H2,1-2H3,(H,19,21)/t14-/m0/s1. The van der Waals surface area contributed by atoms with Crippen LogP contribution < -0.4 is 10.1 Å². The molecular weight excluding hydrogens is 288 g/mol. The summed E-state index contributed by atoms with van der Waals surface area (Å²) in [4.78, 5) is 2.44. The molecule has 3 rings (SSSR count). The first-order valence-electron chi connectivity index (χ1n) is 8.19. The Morgan fingerprint density at radius 2 is 2.09 bits per heavy atom. The predicted molar refractivity (Wildman–Crippen MR) is 92.8 cm³/mol. The molecule has 2 aromatic rings. The molecular formula is C18H24N4O. The molecule has 0 bridgehead atoms.